The fourth-order valence-corrected chi connectivity index (χ4v) is 3.41. The van der Waals surface area contributed by atoms with Crippen LogP contribution in [0.5, 0.6) is 0 Å². The maximum absolute atomic E-state index is 8.97. The van der Waals surface area contributed by atoms with Crippen molar-refractivity contribution in [1.82, 2.24) is 9.97 Å². The monoisotopic (exact) mass is 420 g/mol. The molecule has 0 amide bonds. The molecule has 1 fully saturated rings. The molecular weight excluding hydrogens is 403 g/mol. The fraction of sp³-hybridized carbons (Fsp3) is 0.643. The number of aromatic nitrogens is 2. The molecule has 1 saturated heterocycles. The van der Waals surface area contributed by atoms with Crippen molar-refractivity contribution in [2.75, 3.05) is 31.7 Å². The Kier molecular flexibility index (Phi) is 6.45. The molecule has 0 N–H and O–H groups in total. The highest BCUT2D eigenvalue weighted by Crippen LogP contribution is 2.28. The first-order chi connectivity index (χ1) is 10.2. The average Bonchev–Trinajstić information content (AvgIpc) is 2.50. The second kappa shape index (κ2) is 8.11. The lowest BCUT2D eigenvalue weighted by atomic mass is 9.99. The quantitative estimate of drug-likeness (QED) is 0.541. The average molecular weight is 421 g/mol. The topological polar surface area (TPSA) is 62.0 Å². The molecular formula is C14H18ClIN4O. The third-order valence-electron chi connectivity index (χ3n) is 3.60. The molecule has 0 bridgehead atoms. The van der Waals surface area contributed by atoms with Gasteiger partial charge in [-0.3, -0.25) is 0 Å². The summed E-state index contributed by atoms with van der Waals surface area (Å²) >= 11 is 8.43. The van der Waals surface area contributed by atoms with Gasteiger partial charge in [0.15, 0.2) is 11.0 Å². The van der Waals surface area contributed by atoms with Crippen LogP contribution in [-0.2, 0) is 11.2 Å². The van der Waals surface area contributed by atoms with Crippen molar-refractivity contribution in [2.24, 2.45) is 5.92 Å². The first-order valence-corrected chi connectivity index (χ1v) is 8.46. The molecule has 1 aliphatic rings. The molecule has 21 heavy (non-hydrogen) atoms. The summed E-state index contributed by atoms with van der Waals surface area (Å²) in [6.07, 6.45) is 3.47. The molecule has 1 aromatic rings. The zero-order valence-corrected chi connectivity index (χ0v) is 14.9. The minimum Gasteiger partial charge on any atom is -0.385 e. The number of nitrogens with zero attached hydrogens (tertiary/aromatic N) is 4. The molecule has 1 aliphatic heterocycles. The van der Waals surface area contributed by atoms with E-state index in [1.165, 1.54) is 0 Å². The molecule has 0 unspecified atom stereocenters. The predicted molar refractivity (Wildman–Crippen MR) is 90.5 cm³/mol. The van der Waals surface area contributed by atoms with Crippen molar-refractivity contribution < 1.29 is 4.74 Å². The van der Waals surface area contributed by atoms with Gasteiger partial charge in [-0.1, -0.05) is 11.6 Å². The summed E-state index contributed by atoms with van der Waals surface area (Å²) in [4.78, 5) is 11.3. The van der Waals surface area contributed by atoms with Crippen LogP contribution in [0.3, 0.4) is 0 Å². The summed E-state index contributed by atoms with van der Waals surface area (Å²) in [6, 6.07) is 2.33. The number of methoxy groups -OCH3 is 1. The molecule has 5 nitrogen and oxygen atoms in total. The number of nitriles is 1. The Morgan fingerprint density at radius 2 is 2.14 bits per heavy atom. The molecule has 1 aromatic heterocycles. The highest BCUT2D eigenvalue weighted by molar-refractivity contribution is 14.1. The second-order valence-electron chi connectivity index (χ2n) is 5.06. The van der Waals surface area contributed by atoms with E-state index in [1.807, 2.05) is 0 Å². The van der Waals surface area contributed by atoms with E-state index >= 15 is 0 Å². The fourth-order valence-electron chi connectivity index (χ4n) is 2.39. The van der Waals surface area contributed by atoms with E-state index < -0.39 is 0 Å². The normalized spacial score (nSPS) is 16.0. The molecule has 0 aliphatic carbocycles. The first-order valence-electron chi connectivity index (χ1n) is 7.01. The van der Waals surface area contributed by atoms with Crippen LogP contribution in [0.1, 0.15) is 25.0 Å². The summed E-state index contributed by atoms with van der Waals surface area (Å²) in [5.74, 6) is 0.902. The summed E-state index contributed by atoms with van der Waals surface area (Å²) in [5.41, 5.74) is 0.967. The maximum Gasteiger partial charge on any atom is 0.172 e. The minimum absolute atomic E-state index is 0.151. The van der Waals surface area contributed by atoms with Crippen molar-refractivity contribution in [3.05, 3.63) is 14.5 Å². The number of hydrogen-bond donors (Lipinski definition) is 0. The number of piperidine rings is 1. The van der Waals surface area contributed by atoms with E-state index in [0.29, 0.717) is 11.8 Å². The molecule has 0 radical (unpaired) electrons. The van der Waals surface area contributed by atoms with Gasteiger partial charge in [0.2, 0.25) is 0 Å². The van der Waals surface area contributed by atoms with Crippen molar-refractivity contribution in [3.8, 4) is 6.07 Å². The van der Waals surface area contributed by atoms with Gasteiger partial charge in [-0.05, 0) is 48.3 Å². The van der Waals surface area contributed by atoms with Gasteiger partial charge >= 0.3 is 0 Å². The summed E-state index contributed by atoms with van der Waals surface area (Å²) in [7, 11) is 1.70. The number of hydrogen-bond acceptors (Lipinski definition) is 5. The van der Waals surface area contributed by atoms with E-state index in [4.69, 9.17) is 26.6 Å². The standard InChI is InChI=1S/C14H18ClIN4O/c1-21-8-2-3-11-13(16)19-12(15)14(18-11)20-6-4-10(9-17)5-7-20/h10H,2-8H2,1H3. The summed E-state index contributed by atoms with van der Waals surface area (Å²) in [6.45, 7) is 2.33. The van der Waals surface area contributed by atoms with Gasteiger partial charge < -0.3 is 9.64 Å². The largest absolute Gasteiger partial charge is 0.385 e. The number of anilines is 1. The lowest BCUT2D eigenvalue weighted by molar-refractivity contribution is 0.195. The summed E-state index contributed by atoms with van der Waals surface area (Å²) in [5, 5.41) is 9.42. The third kappa shape index (κ3) is 4.41. The van der Waals surface area contributed by atoms with Crippen molar-refractivity contribution in [1.29, 1.82) is 5.26 Å². The molecule has 0 aromatic carbocycles. The maximum atomic E-state index is 8.97. The number of aryl methyl sites for hydroxylation is 1. The SMILES string of the molecule is COCCCc1nc(N2CCC(C#N)CC2)c(Cl)nc1I. The Morgan fingerprint density at radius 1 is 1.43 bits per heavy atom. The Hall–Kier alpha value is -0.650. The first kappa shape index (κ1) is 16.7. The van der Waals surface area contributed by atoms with Gasteiger partial charge in [0.1, 0.15) is 3.70 Å². The predicted octanol–water partition coefficient (Wildman–Crippen LogP) is 3.05. The van der Waals surface area contributed by atoms with E-state index in [9.17, 15) is 0 Å². The van der Waals surface area contributed by atoms with Crippen LogP contribution in [-0.4, -0.2) is 36.8 Å². The van der Waals surface area contributed by atoms with E-state index in [0.717, 1.165) is 54.0 Å². The van der Waals surface area contributed by atoms with E-state index in [-0.39, 0.29) is 5.92 Å². The van der Waals surface area contributed by atoms with Gasteiger partial charge in [-0.2, -0.15) is 5.26 Å². The zero-order valence-electron chi connectivity index (χ0n) is 12.0. The van der Waals surface area contributed by atoms with Crippen LogP contribution < -0.4 is 4.90 Å². The molecule has 114 valence electrons. The van der Waals surface area contributed by atoms with Gasteiger partial charge in [-0.15, -0.1) is 0 Å². The number of rotatable bonds is 5. The van der Waals surface area contributed by atoms with E-state index in [2.05, 4.69) is 38.5 Å². The zero-order chi connectivity index (χ0) is 15.2. The second-order valence-corrected chi connectivity index (χ2v) is 6.44. The van der Waals surface area contributed by atoms with Crippen LogP contribution in [0.2, 0.25) is 5.15 Å². The van der Waals surface area contributed by atoms with Crippen LogP contribution in [0.15, 0.2) is 0 Å². The lowest BCUT2D eigenvalue weighted by Gasteiger charge is -2.30. The molecule has 2 heterocycles. The van der Waals surface area contributed by atoms with Gasteiger partial charge in [0.05, 0.1) is 11.8 Å². The Morgan fingerprint density at radius 3 is 2.76 bits per heavy atom. The Labute approximate surface area is 143 Å². The van der Waals surface area contributed by atoms with Gasteiger partial charge in [-0.25, -0.2) is 9.97 Å². The highest BCUT2D eigenvalue weighted by atomic mass is 127. The Bertz CT molecular complexity index is 526. The van der Waals surface area contributed by atoms with Gasteiger partial charge in [0, 0.05) is 32.7 Å². The number of ether oxygens (including phenoxy) is 1. The smallest absolute Gasteiger partial charge is 0.172 e. The summed E-state index contributed by atoms with van der Waals surface area (Å²) < 4.78 is 5.93. The lowest BCUT2D eigenvalue weighted by Crippen LogP contribution is -2.34. The molecule has 0 saturated carbocycles. The molecule has 0 spiro atoms. The minimum atomic E-state index is 0.151. The molecule has 2 rings (SSSR count). The Balaban J connectivity index is 2.12. The van der Waals surface area contributed by atoms with Crippen LogP contribution in [0, 0.1) is 20.9 Å². The van der Waals surface area contributed by atoms with Crippen LogP contribution in [0.25, 0.3) is 0 Å². The van der Waals surface area contributed by atoms with Crippen molar-refractivity contribution >= 4 is 40.0 Å². The third-order valence-corrected chi connectivity index (χ3v) is 4.72. The molecule has 7 heteroatoms. The van der Waals surface area contributed by atoms with Gasteiger partial charge in [0.25, 0.3) is 0 Å². The van der Waals surface area contributed by atoms with E-state index in [1.54, 1.807) is 7.11 Å². The highest BCUT2D eigenvalue weighted by Gasteiger charge is 2.23. The molecule has 0 atom stereocenters. The van der Waals surface area contributed by atoms with Crippen LogP contribution >= 0.6 is 34.2 Å². The van der Waals surface area contributed by atoms with Crippen molar-refractivity contribution in [3.63, 3.8) is 0 Å². The van der Waals surface area contributed by atoms with Crippen LogP contribution in [0.4, 0.5) is 5.82 Å². The number of halogens is 2. The van der Waals surface area contributed by atoms with Crippen molar-refractivity contribution in [2.45, 2.75) is 25.7 Å².